The van der Waals surface area contributed by atoms with Gasteiger partial charge in [0.2, 0.25) is 0 Å². The average molecular weight is 285 g/mol. The third kappa shape index (κ3) is 12.9. The Morgan fingerprint density at radius 3 is 2.00 bits per heavy atom. The van der Waals surface area contributed by atoms with Crippen LogP contribution in [0.5, 0.6) is 0 Å². The smallest absolute Gasteiger partial charge is 0.0213 e. The zero-order valence-corrected chi connectivity index (χ0v) is 14.8. The Morgan fingerprint density at radius 1 is 0.950 bits per heavy atom. The number of nitrogens with one attached hydrogen (secondary N) is 1. The Labute approximate surface area is 128 Å². The van der Waals surface area contributed by atoms with Crippen molar-refractivity contribution in [3.8, 4) is 0 Å². The van der Waals surface area contributed by atoms with E-state index < -0.39 is 0 Å². The van der Waals surface area contributed by atoms with E-state index in [1.54, 1.807) is 0 Å². The van der Waals surface area contributed by atoms with Crippen LogP contribution in [-0.4, -0.2) is 6.04 Å². The lowest BCUT2D eigenvalue weighted by Crippen LogP contribution is -2.36. The molecule has 0 amide bonds. The largest absolute Gasteiger partial charge is 0.271 e. The molecule has 0 radical (unpaired) electrons. The van der Waals surface area contributed by atoms with Crippen LogP contribution in [-0.2, 0) is 0 Å². The van der Waals surface area contributed by atoms with Crippen LogP contribution < -0.4 is 11.3 Å². The van der Waals surface area contributed by atoms with Crippen molar-refractivity contribution >= 4 is 0 Å². The topological polar surface area (TPSA) is 38.0 Å². The minimum absolute atomic E-state index is 0.428. The third-order valence-electron chi connectivity index (χ3n) is 4.04. The Morgan fingerprint density at radius 2 is 1.50 bits per heavy atom. The molecule has 0 fully saturated rings. The van der Waals surface area contributed by atoms with Gasteiger partial charge in [-0.3, -0.25) is 11.3 Å². The van der Waals surface area contributed by atoms with Crippen LogP contribution in [0.4, 0.5) is 0 Å². The molecule has 0 aliphatic rings. The Bertz CT molecular complexity index is 208. The number of hydrogen-bond donors (Lipinski definition) is 2. The highest BCUT2D eigenvalue weighted by atomic mass is 15.2. The van der Waals surface area contributed by atoms with Gasteiger partial charge in [-0.15, -0.1) is 0 Å². The Hall–Kier alpha value is -0.0800. The molecular weight excluding hydrogens is 244 g/mol. The summed E-state index contributed by atoms with van der Waals surface area (Å²) >= 11 is 0. The van der Waals surface area contributed by atoms with Gasteiger partial charge in [0.05, 0.1) is 0 Å². The molecule has 0 aromatic carbocycles. The van der Waals surface area contributed by atoms with E-state index in [1.165, 1.54) is 64.2 Å². The molecule has 2 nitrogen and oxygen atoms in total. The highest BCUT2D eigenvalue weighted by Gasteiger charge is 2.18. The van der Waals surface area contributed by atoms with E-state index in [9.17, 15) is 0 Å². The maximum absolute atomic E-state index is 5.72. The fourth-order valence-electron chi connectivity index (χ4n) is 3.23. The molecule has 0 aliphatic carbocycles. The van der Waals surface area contributed by atoms with E-state index in [1.807, 2.05) is 0 Å². The van der Waals surface area contributed by atoms with Crippen LogP contribution in [0, 0.1) is 11.3 Å². The summed E-state index contributed by atoms with van der Waals surface area (Å²) in [7, 11) is 0. The van der Waals surface area contributed by atoms with E-state index in [-0.39, 0.29) is 0 Å². The molecule has 0 saturated heterocycles. The van der Waals surface area contributed by atoms with Crippen molar-refractivity contribution in [2.45, 2.75) is 105 Å². The van der Waals surface area contributed by atoms with Gasteiger partial charge in [0, 0.05) is 6.04 Å². The molecule has 0 saturated carbocycles. The standard InChI is InChI=1S/C18H40N2/c1-6-7-8-9-10-11-12-13-17(20-19)14-16(2)15-18(3,4)5/h16-17,20H,6-15,19H2,1-5H3. The summed E-state index contributed by atoms with van der Waals surface area (Å²) in [5, 5.41) is 0. The van der Waals surface area contributed by atoms with Crippen LogP contribution in [0.25, 0.3) is 0 Å². The first kappa shape index (κ1) is 19.9. The molecule has 2 heteroatoms. The predicted octanol–water partition coefficient (Wildman–Crippen LogP) is 5.42. The Balaban J connectivity index is 3.66. The number of rotatable bonds is 12. The molecule has 2 atom stereocenters. The normalized spacial score (nSPS) is 15.3. The fourth-order valence-corrected chi connectivity index (χ4v) is 3.23. The second-order valence-corrected chi connectivity index (χ2v) is 7.88. The van der Waals surface area contributed by atoms with Crippen LogP contribution in [0.2, 0.25) is 0 Å². The summed E-state index contributed by atoms with van der Waals surface area (Å²) in [6, 6.07) is 0.503. The summed E-state index contributed by atoms with van der Waals surface area (Å²) in [5.41, 5.74) is 3.46. The molecule has 122 valence electrons. The maximum atomic E-state index is 5.72. The summed E-state index contributed by atoms with van der Waals surface area (Å²) in [6.07, 6.45) is 13.4. The molecule has 0 bridgehead atoms. The number of unbranched alkanes of at least 4 members (excludes halogenated alkanes) is 6. The van der Waals surface area contributed by atoms with Crippen molar-refractivity contribution < 1.29 is 0 Å². The maximum Gasteiger partial charge on any atom is 0.0213 e. The zero-order valence-electron chi connectivity index (χ0n) is 14.8. The lowest BCUT2D eigenvalue weighted by molar-refractivity contribution is 0.269. The number of hydrazine groups is 1. The van der Waals surface area contributed by atoms with Crippen molar-refractivity contribution in [1.82, 2.24) is 5.43 Å². The lowest BCUT2D eigenvalue weighted by Gasteiger charge is -2.26. The molecule has 3 N–H and O–H groups in total. The van der Waals surface area contributed by atoms with Crippen molar-refractivity contribution in [2.24, 2.45) is 17.2 Å². The minimum Gasteiger partial charge on any atom is -0.271 e. The molecular formula is C18H40N2. The highest BCUT2D eigenvalue weighted by Crippen LogP contribution is 2.27. The monoisotopic (exact) mass is 284 g/mol. The predicted molar refractivity (Wildman–Crippen MR) is 91.6 cm³/mol. The molecule has 0 aliphatic heterocycles. The molecule has 0 aromatic heterocycles. The van der Waals surface area contributed by atoms with E-state index in [4.69, 9.17) is 5.84 Å². The first-order valence-electron chi connectivity index (χ1n) is 8.85. The van der Waals surface area contributed by atoms with Gasteiger partial charge in [-0.1, -0.05) is 79.6 Å². The lowest BCUT2D eigenvalue weighted by atomic mass is 9.82. The van der Waals surface area contributed by atoms with Crippen LogP contribution in [0.15, 0.2) is 0 Å². The molecule has 0 heterocycles. The van der Waals surface area contributed by atoms with E-state index in [0.29, 0.717) is 11.5 Å². The highest BCUT2D eigenvalue weighted by molar-refractivity contribution is 4.72. The van der Waals surface area contributed by atoms with Crippen LogP contribution >= 0.6 is 0 Å². The van der Waals surface area contributed by atoms with Crippen molar-refractivity contribution in [1.29, 1.82) is 0 Å². The summed E-state index contributed by atoms with van der Waals surface area (Å²) in [6.45, 7) is 11.6. The summed E-state index contributed by atoms with van der Waals surface area (Å²) in [5.74, 6) is 6.47. The third-order valence-corrected chi connectivity index (χ3v) is 4.04. The summed E-state index contributed by atoms with van der Waals surface area (Å²) < 4.78 is 0. The van der Waals surface area contributed by atoms with Gasteiger partial charge in [-0.2, -0.15) is 0 Å². The van der Waals surface area contributed by atoms with Gasteiger partial charge in [0.25, 0.3) is 0 Å². The van der Waals surface area contributed by atoms with Crippen molar-refractivity contribution in [3.05, 3.63) is 0 Å². The SMILES string of the molecule is CCCCCCCCCC(CC(C)CC(C)(C)C)NN. The van der Waals surface area contributed by atoms with Crippen molar-refractivity contribution in [3.63, 3.8) is 0 Å². The first-order valence-corrected chi connectivity index (χ1v) is 8.85. The quantitative estimate of drug-likeness (QED) is 0.285. The molecule has 2 unspecified atom stereocenters. The van der Waals surface area contributed by atoms with Gasteiger partial charge in [-0.05, 0) is 30.6 Å². The summed E-state index contributed by atoms with van der Waals surface area (Å²) in [4.78, 5) is 0. The minimum atomic E-state index is 0.428. The van der Waals surface area contributed by atoms with Crippen LogP contribution in [0.1, 0.15) is 98.8 Å². The zero-order chi connectivity index (χ0) is 15.4. The van der Waals surface area contributed by atoms with Gasteiger partial charge < -0.3 is 0 Å². The average Bonchev–Trinajstić information content (AvgIpc) is 2.34. The fraction of sp³-hybridized carbons (Fsp3) is 1.00. The number of hydrogen-bond acceptors (Lipinski definition) is 2. The second kappa shape index (κ2) is 11.6. The van der Waals surface area contributed by atoms with E-state index in [2.05, 4.69) is 40.0 Å². The van der Waals surface area contributed by atoms with Crippen LogP contribution in [0.3, 0.4) is 0 Å². The van der Waals surface area contributed by atoms with Gasteiger partial charge in [0.15, 0.2) is 0 Å². The molecule has 0 aromatic rings. The van der Waals surface area contributed by atoms with E-state index >= 15 is 0 Å². The number of nitrogens with two attached hydrogens (primary N) is 1. The molecule has 0 spiro atoms. The molecule has 0 rings (SSSR count). The van der Waals surface area contributed by atoms with E-state index in [0.717, 1.165) is 5.92 Å². The van der Waals surface area contributed by atoms with Gasteiger partial charge >= 0.3 is 0 Å². The second-order valence-electron chi connectivity index (χ2n) is 7.88. The van der Waals surface area contributed by atoms with Gasteiger partial charge in [0.1, 0.15) is 0 Å². The Kier molecular flexibility index (Phi) is 11.5. The van der Waals surface area contributed by atoms with Crippen molar-refractivity contribution in [2.75, 3.05) is 0 Å². The first-order chi connectivity index (χ1) is 9.39. The van der Waals surface area contributed by atoms with Gasteiger partial charge in [-0.25, -0.2) is 0 Å². The molecule has 20 heavy (non-hydrogen) atoms.